The molecule has 1 amide bonds. The van der Waals surface area contributed by atoms with E-state index in [0.717, 1.165) is 35.1 Å². The topological polar surface area (TPSA) is 41.4 Å². The van der Waals surface area contributed by atoms with E-state index in [1.165, 1.54) is 12.1 Å². The highest BCUT2D eigenvalue weighted by atomic mass is 19.1. The fourth-order valence-corrected chi connectivity index (χ4v) is 4.47. The number of nitrogens with zero attached hydrogens (tertiary/aromatic N) is 4. The minimum Gasteiger partial charge on any atom is -0.337 e. The fourth-order valence-electron chi connectivity index (χ4n) is 4.47. The number of aromatic nitrogens is 2. The van der Waals surface area contributed by atoms with Crippen LogP contribution < -0.4 is 0 Å². The van der Waals surface area contributed by atoms with Gasteiger partial charge >= 0.3 is 0 Å². The summed E-state index contributed by atoms with van der Waals surface area (Å²) in [6.45, 7) is 10.3. The second-order valence-corrected chi connectivity index (χ2v) is 9.89. The van der Waals surface area contributed by atoms with E-state index >= 15 is 0 Å². The summed E-state index contributed by atoms with van der Waals surface area (Å²) in [4.78, 5) is 17.0. The first-order valence-corrected chi connectivity index (χ1v) is 11.8. The summed E-state index contributed by atoms with van der Waals surface area (Å²) in [6, 6.07) is 13.5. The molecule has 0 unspecified atom stereocenters. The molecule has 0 saturated carbocycles. The van der Waals surface area contributed by atoms with Gasteiger partial charge in [-0.3, -0.25) is 9.69 Å². The molecule has 0 fully saturated rings. The molecule has 1 aliphatic heterocycles. The summed E-state index contributed by atoms with van der Waals surface area (Å²) in [7, 11) is 0. The van der Waals surface area contributed by atoms with Crippen molar-refractivity contribution in [2.45, 2.75) is 53.8 Å². The highest BCUT2D eigenvalue weighted by Gasteiger charge is 2.30. The summed E-state index contributed by atoms with van der Waals surface area (Å²) in [5, 5.41) is 4.95. The largest absolute Gasteiger partial charge is 0.337 e. The second-order valence-electron chi connectivity index (χ2n) is 9.89. The van der Waals surface area contributed by atoms with Crippen LogP contribution in [0.5, 0.6) is 0 Å². The molecule has 1 aromatic heterocycles. The number of para-hydroxylation sites is 1. The van der Waals surface area contributed by atoms with E-state index in [2.05, 4.69) is 4.90 Å². The summed E-state index contributed by atoms with van der Waals surface area (Å²) < 4.78 is 30.0. The van der Waals surface area contributed by atoms with Gasteiger partial charge in [0.2, 0.25) is 5.91 Å². The minimum atomic E-state index is -0.487. The van der Waals surface area contributed by atoms with Crippen molar-refractivity contribution < 1.29 is 13.6 Å². The van der Waals surface area contributed by atoms with E-state index in [1.54, 1.807) is 0 Å². The van der Waals surface area contributed by atoms with Crippen LogP contribution in [0.1, 0.15) is 50.2 Å². The predicted octanol–water partition coefficient (Wildman–Crippen LogP) is 5.10. The van der Waals surface area contributed by atoms with E-state index < -0.39 is 17.0 Å². The Morgan fingerprint density at radius 3 is 2.53 bits per heavy atom. The van der Waals surface area contributed by atoms with Crippen LogP contribution in [0, 0.1) is 17.0 Å². The zero-order valence-corrected chi connectivity index (χ0v) is 20.3. The molecule has 0 saturated heterocycles. The summed E-state index contributed by atoms with van der Waals surface area (Å²) in [6.07, 6.45) is 0.730. The first-order valence-electron chi connectivity index (χ1n) is 11.8. The SMILES string of the molecule is CCN(Cc1nn(-c2ccccc2)c2c1CN(Cc1cc(F)ccc1F)CC2)C(=O)C(C)(C)C. The Balaban J connectivity index is 1.68. The number of fused-ring (bicyclic) bond motifs is 1. The Hall–Kier alpha value is -3.06. The molecule has 4 rings (SSSR count). The lowest BCUT2D eigenvalue weighted by molar-refractivity contribution is -0.139. The van der Waals surface area contributed by atoms with Crippen LogP contribution in [-0.4, -0.2) is 38.6 Å². The molecule has 2 heterocycles. The molecule has 7 heteroatoms. The fraction of sp³-hybridized carbons (Fsp3) is 0.407. The lowest BCUT2D eigenvalue weighted by atomic mass is 9.94. The molecule has 1 aliphatic rings. The van der Waals surface area contributed by atoms with Crippen molar-refractivity contribution in [3.05, 3.63) is 82.7 Å². The molecule has 34 heavy (non-hydrogen) atoms. The van der Waals surface area contributed by atoms with Crippen molar-refractivity contribution >= 4 is 5.91 Å². The van der Waals surface area contributed by atoms with E-state index in [1.807, 2.05) is 67.6 Å². The van der Waals surface area contributed by atoms with Crippen LogP contribution in [0.15, 0.2) is 48.5 Å². The molecule has 3 aromatic rings. The molecule has 0 aliphatic carbocycles. The van der Waals surface area contributed by atoms with Gasteiger partial charge in [-0.2, -0.15) is 5.10 Å². The lowest BCUT2D eigenvalue weighted by Gasteiger charge is -2.30. The number of hydrogen-bond acceptors (Lipinski definition) is 3. The van der Waals surface area contributed by atoms with Crippen molar-refractivity contribution in [2.75, 3.05) is 13.1 Å². The van der Waals surface area contributed by atoms with Crippen molar-refractivity contribution in [2.24, 2.45) is 5.41 Å². The number of amides is 1. The average Bonchev–Trinajstić information content (AvgIpc) is 3.17. The van der Waals surface area contributed by atoms with Crippen molar-refractivity contribution in [3.63, 3.8) is 0 Å². The van der Waals surface area contributed by atoms with Crippen molar-refractivity contribution in [1.29, 1.82) is 0 Å². The van der Waals surface area contributed by atoms with E-state index in [9.17, 15) is 13.6 Å². The zero-order valence-electron chi connectivity index (χ0n) is 20.3. The highest BCUT2D eigenvalue weighted by molar-refractivity contribution is 5.81. The third-order valence-corrected chi connectivity index (χ3v) is 6.27. The van der Waals surface area contributed by atoms with Crippen molar-refractivity contribution in [3.8, 4) is 5.69 Å². The Bertz CT molecular complexity index is 1170. The third kappa shape index (κ3) is 5.04. The normalized spacial score (nSPS) is 14.2. The monoisotopic (exact) mass is 466 g/mol. The first kappa shape index (κ1) is 24.1. The Morgan fingerprint density at radius 1 is 1.12 bits per heavy atom. The first-order chi connectivity index (χ1) is 16.2. The maximum absolute atomic E-state index is 14.3. The highest BCUT2D eigenvalue weighted by Crippen LogP contribution is 2.29. The van der Waals surface area contributed by atoms with Gasteiger partial charge < -0.3 is 4.90 Å². The van der Waals surface area contributed by atoms with Gasteiger partial charge in [0.05, 0.1) is 23.6 Å². The van der Waals surface area contributed by atoms with Gasteiger partial charge in [0, 0.05) is 49.1 Å². The van der Waals surface area contributed by atoms with E-state index in [4.69, 9.17) is 5.10 Å². The van der Waals surface area contributed by atoms with Gasteiger partial charge in [-0.1, -0.05) is 39.0 Å². The molecule has 0 radical (unpaired) electrons. The van der Waals surface area contributed by atoms with Gasteiger partial charge in [-0.15, -0.1) is 0 Å². The molecule has 180 valence electrons. The van der Waals surface area contributed by atoms with Crippen LogP contribution in [-0.2, 0) is 30.8 Å². The third-order valence-electron chi connectivity index (χ3n) is 6.27. The Kier molecular flexibility index (Phi) is 6.84. The van der Waals surface area contributed by atoms with Gasteiger partial charge in [-0.05, 0) is 37.3 Å². The number of benzene rings is 2. The Morgan fingerprint density at radius 2 is 1.85 bits per heavy atom. The molecule has 0 atom stereocenters. The standard InChI is InChI=1S/C27H32F2N4O/c1-5-32(26(34)27(2,3)4)18-24-22-17-31(16-19-15-20(28)11-12-23(19)29)14-13-25(22)33(30-24)21-9-7-6-8-10-21/h6-12,15H,5,13-14,16-18H2,1-4H3. The average molecular weight is 467 g/mol. The number of rotatable bonds is 6. The maximum atomic E-state index is 14.3. The molecular weight excluding hydrogens is 434 g/mol. The van der Waals surface area contributed by atoms with Gasteiger partial charge in [0.25, 0.3) is 0 Å². The van der Waals surface area contributed by atoms with Crippen LogP contribution in [0.4, 0.5) is 8.78 Å². The van der Waals surface area contributed by atoms with Gasteiger partial charge in [0.15, 0.2) is 0 Å². The molecular formula is C27H32F2N4O. The molecule has 0 spiro atoms. The molecule has 0 bridgehead atoms. The lowest BCUT2D eigenvalue weighted by Crippen LogP contribution is -2.39. The summed E-state index contributed by atoms with van der Waals surface area (Å²) in [5.41, 5.74) is 3.85. The van der Waals surface area contributed by atoms with E-state index in [-0.39, 0.29) is 5.91 Å². The van der Waals surface area contributed by atoms with Crippen LogP contribution in [0.3, 0.4) is 0 Å². The number of carbonyl (C=O) groups excluding carboxylic acids is 1. The van der Waals surface area contributed by atoms with Gasteiger partial charge in [0.1, 0.15) is 11.6 Å². The summed E-state index contributed by atoms with van der Waals surface area (Å²) in [5.74, 6) is -0.765. The van der Waals surface area contributed by atoms with Crippen LogP contribution in [0.25, 0.3) is 5.69 Å². The van der Waals surface area contributed by atoms with Crippen LogP contribution in [0.2, 0.25) is 0 Å². The van der Waals surface area contributed by atoms with Crippen molar-refractivity contribution in [1.82, 2.24) is 19.6 Å². The zero-order chi connectivity index (χ0) is 24.5. The smallest absolute Gasteiger partial charge is 0.228 e. The Labute approximate surface area is 200 Å². The second kappa shape index (κ2) is 9.66. The predicted molar refractivity (Wildman–Crippen MR) is 128 cm³/mol. The quantitative estimate of drug-likeness (QED) is 0.507. The number of halogens is 2. The number of carbonyl (C=O) groups is 1. The minimum absolute atomic E-state index is 0.0764. The van der Waals surface area contributed by atoms with Crippen LogP contribution >= 0.6 is 0 Å². The number of hydrogen-bond donors (Lipinski definition) is 0. The molecule has 2 aromatic carbocycles. The maximum Gasteiger partial charge on any atom is 0.228 e. The molecule has 5 nitrogen and oxygen atoms in total. The van der Waals surface area contributed by atoms with Gasteiger partial charge in [-0.25, -0.2) is 13.5 Å². The molecule has 0 N–H and O–H groups in total. The van der Waals surface area contributed by atoms with E-state index in [0.29, 0.717) is 38.3 Å². The summed E-state index contributed by atoms with van der Waals surface area (Å²) >= 11 is 0.